The van der Waals surface area contributed by atoms with E-state index in [1.165, 1.54) is 16.7 Å². The number of aryl methyl sites for hydroxylation is 2. The van der Waals surface area contributed by atoms with E-state index in [2.05, 4.69) is 5.32 Å². The zero-order valence-electron chi connectivity index (χ0n) is 11.6. The van der Waals surface area contributed by atoms with E-state index < -0.39 is 0 Å². The summed E-state index contributed by atoms with van der Waals surface area (Å²) in [5, 5.41) is 2.62. The van der Waals surface area contributed by atoms with Crippen LogP contribution in [-0.2, 0) is 9.59 Å². The van der Waals surface area contributed by atoms with Crippen LogP contribution in [0.2, 0.25) is 0 Å². The highest BCUT2D eigenvalue weighted by atomic mass is 32.2. The molecule has 1 atom stereocenters. The highest BCUT2D eigenvalue weighted by molar-refractivity contribution is 8.24. The molecule has 0 aliphatic carbocycles. The summed E-state index contributed by atoms with van der Waals surface area (Å²) in [6.07, 6.45) is 0. The predicted molar refractivity (Wildman–Crippen MR) is 85.9 cm³/mol. The van der Waals surface area contributed by atoms with Crippen molar-refractivity contribution in [3.8, 4) is 0 Å². The first kappa shape index (κ1) is 15.0. The number of thiocarbonyl (C=S) groups is 1. The minimum absolute atomic E-state index is 0.0255. The van der Waals surface area contributed by atoms with Gasteiger partial charge in [-0.2, -0.15) is 0 Å². The third-order valence-electron chi connectivity index (χ3n) is 3.07. The van der Waals surface area contributed by atoms with Gasteiger partial charge in [-0.1, -0.05) is 41.7 Å². The molecule has 106 valence electrons. The van der Waals surface area contributed by atoms with Crippen molar-refractivity contribution >= 4 is 45.8 Å². The maximum Gasteiger partial charge on any atom is 0.244 e. The monoisotopic (exact) mass is 308 g/mol. The van der Waals surface area contributed by atoms with Gasteiger partial charge in [-0.25, -0.2) is 0 Å². The van der Waals surface area contributed by atoms with E-state index in [4.69, 9.17) is 12.2 Å². The molecular formula is C14H16N2O2S2. The van der Waals surface area contributed by atoms with E-state index in [0.29, 0.717) is 4.32 Å². The Morgan fingerprint density at radius 2 is 2.15 bits per heavy atom. The molecule has 6 heteroatoms. The summed E-state index contributed by atoms with van der Waals surface area (Å²) < 4.78 is 0.471. The number of carbonyl (C=O) groups is 2. The third kappa shape index (κ3) is 3.19. The molecule has 1 heterocycles. The number of benzene rings is 1. The SMILES string of the molecule is Cc1ccc(NC(=O)CN2C(=O)C(C)SC2=S)c(C)c1. The van der Waals surface area contributed by atoms with Crippen LogP contribution in [0.1, 0.15) is 18.1 Å². The van der Waals surface area contributed by atoms with E-state index in [9.17, 15) is 9.59 Å². The van der Waals surface area contributed by atoms with Crippen molar-refractivity contribution in [1.82, 2.24) is 4.90 Å². The highest BCUT2D eigenvalue weighted by Gasteiger charge is 2.34. The molecular weight excluding hydrogens is 292 g/mol. The van der Waals surface area contributed by atoms with Crippen LogP contribution < -0.4 is 5.32 Å². The van der Waals surface area contributed by atoms with Crippen LogP contribution in [0.5, 0.6) is 0 Å². The lowest BCUT2D eigenvalue weighted by molar-refractivity contribution is -0.129. The molecule has 1 aromatic rings. The number of rotatable bonds is 3. The van der Waals surface area contributed by atoms with Crippen molar-refractivity contribution in [2.24, 2.45) is 0 Å². The number of nitrogens with one attached hydrogen (secondary N) is 1. The maximum absolute atomic E-state index is 12.0. The van der Waals surface area contributed by atoms with E-state index >= 15 is 0 Å². The Balaban J connectivity index is 2.03. The smallest absolute Gasteiger partial charge is 0.244 e. The second-order valence-corrected chi connectivity index (χ2v) is 6.79. The Kier molecular flexibility index (Phi) is 4.45. The topological polar surface area (TPSA) is 49.4 Å². The summed E-state index contributed by atoms with van der Waals surface area (Å²) in [6, 6.07) is 5.80. The molecule has 1 saturated heterocycles. The maximum atomic E-state index is 12.0. The number of carbonyl (C=O) groups excluding carboxylic acids is 2. The Morgan fingerprint density at radius 1 is 1.45 bits per heavy atom. The molecule has 1 aromatic carbocycles. The Morgan fingerprint density at radius 3 is 2.70 bits per heavy atom. The summed E-state index contributed by atoms with van der Waals surface area (Å²) in [4.78, 5) is 25.2. The first-order valence-corrected chi connectivity index (χ1v) is 7.56. The summed E-state index contributed by atoms with van der Waals surface area (Å²) in [5.74, 6) is -0.335. The molecule has 0 bridgehead atoms. The molecule has 1 unspecified atom stereocenters. The van der Waals surface area contributed by atoms with Crippen molar-refractivity contribution in [3.05, 3.63) is 29.3 Å². The lowest BCUT2D eigenvalue weighted by Gasteiger charge is -2.15. The van der Waals surface area contributed by atoms with Crippen LogP contribution in [0.25, 0.3) is 0 Å². The van der Waals surface area contributed by atoms with Gasteiger partial charge < -0.3 is 5.32 Å². The zero-order valence-corrected chi connectivity index (χ0v) is 13.2. The van der Waals surface area contributed by atoms with Crippen LogP contribution >= 0.6 is 24.0 Å². The molecule has 0 saturated carbocycles. The fourth-order valence-electron chi connectivity index (χ4n) is 2.00. The third-order valence-corrected chi connectivity index (χ3v) is 4.56. The average molecular weight is 308 g/mol. The molecule has 4 nitrogen and oxygen atoms in total. The van der Waals surface area contributed by atoms with Crippen molar-refractivity contribution in [3.63, 3.8) is 0 Å². The minimum atomic E-state index is -0.234. The summed E-state index contributed by atoms with van der Waals surface area (Å²) >= 11 is 6.43. The molecule has 2 rings (SSSR count). The van der Waals surface area contributed by atoms with Gasteiger partial charge in [0, 0.05) is 5.69 Å². The first-order chi connectivity index (χ1) is 9.38. The van der Waals surface area contributed by atoms with Crippen molar-refractivity contribution in [2.75, 3.05) is 11.9 Å². The number of thioether (sulfide) groups is 1. The molecule has 0 radical (unpaired) electrons. The van der Waals surface area contributed by atoms with Crippen LogP contribution in [-0.4, -0.2) is 32.8 Å². The Hall–Kier alpha value is -1.40. The van der Waals surface area contributed by atoms with Crippen LogP contribution in [0.3, 0.4) is 0 Å². The van der Waals surface area contributed by atoms with Crippen molar-refractivity contribution in [1.29, 1.82) is 0 Å². The standard InChI is InChI=1S/C14H16N2O2S2/c1-8-4-5-11(9(2)6-8)15-12(17)7-16-13(18)10(3)20-14(16)19/h4-6,10H,7H2,1-3H3,(H,15,17). The van der Waals surface area contributed by atoms with Gasteiger partial charge in [0.2, 0.25) is 11.8 Å². The second-order valence-electron chi connectivity index (χ2n) is 4.82. The largest absolute Gasteiger partial charge is 0.324 e. The molecule has 1 fully saturated rings. The minimum Gasteiger partial charge on any atom is -0.324 e. The van der Waals surface area contributed by atoms with Crippen molar-refractivity contribution in [2.45, 2.75) is 26.0 Å². The molecule has 2 amide bonds. The average Bonchev–Trinajstić information content (AvgIpc) is 2.60. The van der Waals surface area contributed by atoms with E-state index in [0.717, 1.165) is 16.8 Å². The predicted octanol–water partition coefficient (Wildman–Crippen LogP) is 2.49. The Labute approximate surface area is 127 Å². The van der Waals surface area contributed by atoms with Gasteiger partial charge in [0.1, 0.15) is 10.9 Å². The normalized spacial score (nSPS) is 18.6. The van der Waals surface area contributed by atoms with Crippen LogP contribution in [0.15, 0.2) is 18.2 Å². The quantitative estimate of drug-likeness (QED) is 0.872. The summed E-state index contributed by atoms with van der Waals surface area (Å²) in [6.45, 7) is 5.70. The zero-order chi connectivity index (χ0) is 14.9. The number of anilines is 1. The molecule has 0 aromatic heterocycles. The number of amides is 2. The van der Waals surface area contributed by atoms with Crippen molar-refractivity contribution < 1.29 is 9.59 Å². The Bertz CT molecular complexity index is 587. The lowest BCUT2D eigenvalue weighted by Crippen LogP contribution is -2.37. The second kappa shape index (κ2) is 5.93. The van der Waals surface area contributed by atoms with Crippen LogP contribution in [0, 0.1) is 13.8 Å². The van der Waals surface area contributed by atoms with Gasteiger partial charge in [0.05, 0.1) is 5.25 Å². The number of nitrogens with zero attached hydrogens (tertiary/aromatic N) is 1. The molecule has 1 N–H and O–H groups in total. The van der Waals surface area contributed by atoms with E-state index in [1.807, 2.05) is 32.0 Å². The fourth-order valence-corrected chi connectivity index (χ4v) is 3.40. The van der Waals surface area contributed by atoms with Gasteiger partial charge in [-0.3, -0.25) is 14.5 Å². The molecule has 1 aliphatic rings. The fraction of sp³-hybridized carbons (Fsp3) is 0.357. The number of hydrogen-bond donors (Lipinski definition) is 1. The highest BCUT2D eigenvalue weighted by Crippen LogP contribution is 2.26. The van der Waals surface area contributed by atoms with Gasteiger partial charge in [0.15, 0.2) is 0 Å². The van der Waals surface area contributed by atoms with Gasteiger partial charge in [-0.05, 0) is 32.4 Å². The van der Waals surface area contributed by atoms with Crippen LogP contribution in [0.4, 0.5) is 5.69 Å². The number of hydrogen-bond acceptors (Lipinski definition) is 4. The van der Waals surface area contributed by atoms with E-state index in [-0.39, 0.29) is 23.6 Å². The lowest BCUT2D eigenvalue weighted by atomic mass is 10.1. The first-order valence-electron chi connectivity index (χ1n) is 6.27. The summed E-state index contributed by atoms with van der Waals surface area (Å²) in [7, 11) is 0. The van der Waals surface area contributed by atoms with Gasteiger partial charge in [-0.15, -0.1) is 0 Å². The van der Waals surface area contributed by atoms with Gasteiger partial charge >= 0.3 is 0 Å². The molecule has 0 spiro atoms. The molecule has 1 aliphatic heterocycles. The molecule has 20 heavy (non-hydrogen) atoms. The summed E-state index contributed by atoms with van der Waals surface area (Å²) in [5.41, 5.74) is 2.90. The van der Waals surface area contributed by atoms with Gasteiger partial charge in [0.25, 0.3) is 0 Å². The van der Waals surface area contributed by atoms with E-state index in [1.54, 1.807) is 6.92 Å².